The number of aromatic nitrogens is 4. The highest BCUT2D eigenvalue weighted by Gasteiger charge is 2.19. The van der Waals surface area contributed by atoms with Gasteiger partial charge in [0.25, 0.3) is 0 Å². The summed E-state index contributed by atoms with van der Waals surface area (Å²) in [5.74, 6) is 2.17. The number of anilines is 2. The Morgan fingerprint density at radius 2 is 1.78 bits per heavy atom. The highest BCUT2D eigenvalue weighted by atomic mass is 15.1. The molecule has 6 rings (SSSR count). The predicted molar refractivity (Wildman–Crippen MR) is 129 cm³/mol. The highest BCUT2D eigenvalue weighted by molar-refractivity contribution is 5.92. The minimum Gasteiger partial charge on any atom is -0.340 e. The third-order valence-corrected chi connectivity index (χ3v) is 6.37. The molecule has 0 saturated heterocycles. The number of pyridine rings is 2. The molecular formula is C27H23N5. The first-order valence-corrected chi connectivity index (χ1v) is 11.1. The molecule has 0 aliphatic heterocycles. The minimum absolute atomic E-state index is 0.660. The Bertz CT molecular complexity index is 1380. The third kappa shape index (κ3) is 3.36. The van der Waals surface area contributed by atoms with E-state index in [4.69, 9.17) is 15.0 Å². The first kappa shape index (κ1) is 18.9. The maximum absolute atomic E-state index is 4.86. The maximum atomic E-state index is 4.86. The number of nitrogens with zero attached hydrogens (tertiary/aromatic N) is 4. The zero-order valence-electron chi connectivity index (χ0n) is 17.9. The van der Waals surface area contributed by atoms with E-state index in [0.29, 0.717) is 11.5 Å². The summed E-state index contributed by atoms with van der Waals surface area (Å²) in [6.07, 6.45) is 11.8. The number of fused-ring (bicyclic) bond motifs is 1. The zero-order valence-corrected chi connectivity index (χ0v) is 17.9. The standard InChI is InChI=1S/C27H23N5/c1-17-5-4-16-28-24(17)23-15-14-22-26(31-25(20-8-3-9-20)32-27(22)30-23)29-21-12-10-19(11-13-21)18-6-2-7-18/h3-5,8-16,18H,2,6-7H2,1H3,(H,29,30,31,32). The molecule has 5 nitrogen and oxygen atoms in total. The fourth-order valence-corrected chi connectivity index (χ4v) is 4.18. The second-order valence-corrected chi connectivity index (χ2v) is 8.49. The van der Waals surface area contributed by atoms with Crippen molar-refractivity contribution in [3.8, 4) is 11.4 Å². The number of nitrogens with one attached hydrogen (secondary N) is 1. The lowest BCUT2D eigenvalue weighted by Gasteiger charge is -2.25. The first-order chi connectivity index (χ1) is 15.7. The lowest BCUT2D eigenvalue weighted by molar-refractivity contribution is 0.420. The number of hydrogen-bond acceptors (Lipinski definition) is 5. The van der Waals surface area contributed by atoms with Gasteiger partial charge in [0.15, 0.2) is 11.5 Å². The highest BCUT2D eigenvalue weighted by Crippen LogP contribution is 2.37. The summed E-state index contributed by atoms with van der Waals surface area (Å²) in [7, 11) is 0. The molecule has 156 valence electrons. The molecule has 0 spiro atoms. The van der Waals surface area contributed by atoms with Crippen molar-refractivity contribution in [2.45, 2.75) is 32.1 Å². The SMILES string of the molecule is Cc1cccnc1-c1ccc2c(Nc3ccc(C4CCC4)cc3)nc(C3=CC=C3)nc2n1. The van der Waals surface area contributed by atoms with Gasteiger partial charge in [0.2, 0.25) is 0 Å². The molecule has 0 atom stereocenters. The molecule has 0 bridgehead atoms. The summed E-state index contributed by atoms with van der Waals surface area (Å²) in [5, 5.41) is 4.39. The Hall–Kier alpha value is -3.86. The average molecular weight is 418 g/mol. The molecule has 5 heteroatoms. The van der Waals surface area contributed by atoms with Crippen LogP contribution in [0.1, 0.15) is 42.1 Å². The molecule has 1 N–H and O–H groups in total. The van der Waals surface area contributed by atoms with Gasteiger partial charge in [-0.05, 0) is 67.1 Å². The Morgan fingerprint density at radius 3 is 2.47 bits per heavy atom. The van der Waals surface area contributed by atoms with Gasteiger partial charge in [-0.2, -0.15) is 0 Å². The number of allylic oxidation sites excluding steroid dienone is 4. The number of benzene rings is 1. The molecule has 2 aliphatic rings. The number of aryl methyl sites for hydroxylation is 1. The van der Waals surface area contributed by atoms with Crippen LogP contribution in [0.15, 0.2) is 73.0 Å². The van der Waals surface area contributed by atoms with Crippen LogP contribution in [-0.2, 0) is 0 Å². The number of hydrogen-bond donors (Lipinski definition) is 1. The maximum Gasteiger partial charge on any atom is 0.166 e. The van der Waals surface area contributed by atoms with Crippen molar-refractivity contribution < 1.29 is 0 Å². The molecule has 0 amide bonds. The van der Waals surface area contributed by atoms with E-state index in [2.05, 4.69) is 34.6 Å². The van der Waals surface area contributed by atoms with Crippen LogP contribution in [-0.4, -0.2) is 19.9 Å². The van der Waals surface area contributed by atoms with Crippen molar-refractivity contribution >= 4 is 28.1 Å². The molecule has 1 aromatic carbocycles. The van der Waals surface area contributed by atoms with Crippen molar-refractivity contribution in [2.24, 2.45) is 0 Å². The third-order valence-electron chi connectivity index (χ3n) is 6.37. The minimum atomic E-state index is 0.660. The second-order valence-electron chi connectivity index (χ2n) is 8.49. The van der Waals surface area contributed by atoms with Crippen molar-refractivity contribution in [2.75, 3.05) is 5.32 Å². The molecule has 3 heterocycles. The normalized spacial score (nSPS) is 15.2. The van der Waals surface area contributed by atoms with Crippen LogP contribution < -0.4 is 5.32 Å². The monoisotopic (exact) mass is 417 g/mol. The van der Waals surface area contributed by atoms with E-state index in [0.717, 1.165) is 45.3 Å². The van der Waals surface area contributed by atoms with E-state index in [1.807, 2.05) is 49.4 Å². The van der Waals surface area contributed by atoms with Crippen molar-refractivity contribution in [3.63, 3.8) is 0 Å². The van der Waals surface area contributed by atoms with Gasteiger partial charge in [0.1, 0.15) is 5.82 Å². The largest absolute Gasteiger partial charge is 0.340 e. The van der Waals surface area contributed by atoms with Crippen LogP contribution in [0.5, 0.6) is 0 Å². The van der Waals surface area contributed by atoms with Crippen molar-refractivity contribution in [1.82, 2.24) is 19.9 Å². The van der Waals surface area contributed by atoms with Crippen LogP contribution in [0, 0.1) is 6.92 Å². The molecular weight excluding hydrogens is 394 g/mol. The van der Waals surface area contributed by atoms with Gasteiger partial charge in [-0.3, -0.25) is 4.98 Å². The van der Waals surface area contributed by atoms with Crippen LogP contribution in [0.3, 0.4) is 0 Å². The van der Waals surface area contributed by atoms with E-state index in [1.165, 1.54) is 24.8 Å². The summed E-state index contributed by atoms with van der Waals surface area (Å²) < 4.78 is 0. The van der Waals surface area contributed by atoms with Crippen molar-refractivity contribution in [1.29, 1.82) is 0 Å². The molecule has 1 fully saturated rings. The quantitative estimate of drug-likeness (QED) is 0.409. The van der Waals surface area contributed by atoms with E-state index in [9.17, 15) is 0 Å². The van der Waals surface area contributed by atoms with E-state index in [-0.39, 0.29) is 0 Å². The first-order valence-electron chi connectivity index (χ1n) is 11.1. The predicted octanol–water partition coefficient (Wildman–Crippen LogP) is 6.36. The van der Waals surface area contributed by atoms with Gasteiger partial charge in [-0.15, -0.1) is 0 Å². The van der Waals surface area contributed by atoms with E-state index >= 15 is 0 Å². The van der Waals surface area contributed by atoms with Crippen LogP contribution in [0.4, 0.5) is 11.5 Å². The Balaban J connectivity index is 1.41. The fraction of sp³-hybridized carbons (Fsp3) is 0.185. The Labute approximate surface area is 187 Å². The topological polar surface area (TPSA) is 63.6 Å². The summed E-state index contributed by atoms with van der Waals surface area (Å²) in [6, 6.07) is 16.8. The van der Waals surface area contributed by atoms with Crippen LogP contribution in [0.2, 0.25) is 0 Å². The van der Waals surface area contributed by atoms with E-state index in [1.54, 1.807) is 6.20 Å². The molecule has 0 radical (unpaired) electrons. The van der Waals surface area contributed by atoms with Gasteiger partial charge in [-0.1, -0.05) is 42.8 Å². The summed E-state index contributed by atoms with van der Waals surface area (Å²) in [5.41, 5.74) is 6.89. The van der Waals surface area contributed by atoms with Gasteiger partial charge < -0.3 is 5.32 Å². The van der Waals surface area contributed by atoms with Gasteiger partial charge in [0, 0.05) is 17.5 Å². The summed E-state index contributed by atoms with van der Waals surface area (Å²) in [6.45, 7) is 2.05. The zero-order chi connectivity index (χ0) is 21.5. The molecule has 1 saturated carbocycles. The average Bonchev–Trinajstić information content (AvgIpc) is 2.73. The summed E-state index contributed by atoms with van der Waals surface area (Å²) in [4.78, 5) is 19.0. The Kier molecular flexibility index (Phi) is 4.53. The van der Waals surface area contributed by atoms with Gasteiger partial charge >= 0.3 is 0 Å². The molecule has 4 aromatic rings. The second kappa shape index (κ2) is 7.68. The molecule has 32 heavy (non-hydrogen) atoms. The fourth-order valence-electron chi connectivity index (χ4n) is 4.18. The van der Waals surface area contributed by atoms with Crippen LogP contribution in [0.25, 0.3) is 28.0 Å². The molecule has 0 unspecified atom stereocenters. The van der Waals surface area contributed by atoms with Gasteiger partial charge in [0.05, 0.1) is 16.8 Å². The Morgan fingerprint density at radius 1 is 0.938 bits per heavy atom. The number of rotatable bonds is 5. The molecule has 2 aliphatic carbocycles. The van der Waals surface area contributed by atoms with Crippen molar-refractivity contribution in [3.05, 3.63) is 89.9 Å². The summed E-state index contributed by atoms with van der Waals surface area (Å²) >= 11 is 0. The van der Waals surface area contributed by atoms with E-state index < -0.39 is 0 Å². The van der Waals surface area contributed by atoms with Gasteiger partial charge in [-0.25, -0.2) is 15.0 Å². The smallest absolute Gasteiger partial charge is 0.166 e. The van der Waals surface area contributed by atoms with Crippen LogP contribution >= 0.6 is 0 Å². The lowest BCUT2D eigenvalue weighted by atomic mass is 9.80. The lowest BCUT2D eigenvalue weighted by Crippen LogP contribution is -2.08. The molecule has 3 aromatic heterocycles.